The zero-order chi connectivity index (χ0) is 11.5. The molecule has 84 valence electrons. The summed E-state index contributed by atoms with van der Waals surface area (Å²) in [5.41, 5.74) is 0.178. The molecule has 0 heterocycles. The predicted molar refractivity (Wildman–Crippen MR) is 59.3 cm³/mol. The van der Waals surface area contributed by atoms with E-state index in [2.05, 4.69) is 5.32 Å². The number of rotatable bonds is 4. The van der Waals surface area contributed by atoms with Gasteiger partial charge in [-0.05, 0) is 17.5 Å². The van der Waals surface area contributed by atoms with Crippen molar-refractivity contribution in [1.29, 1.82) is 0 Å². The average Bonchev–Trinajstić information content (AvgIpc) is 2.16. The van der Waals surface area contributed by atoms with Gasteiger partial charge in [-0.15, -0.1) is 11.6 Å². The highest BCUT2D eigenvalue weighted by molar-refractivity contribution is 6.18. The number of alkyl halides is 1. The molecule has 0 spiro atoms. The van der Waals surface area contributed by atoms with Crippen molar-refractivity contribution in [3.63, 3.8) is 0 Å². The lowest BCUT2D eigenvalue weighted by atomic mass is 9.96. The number of benzene rings is 1. The van der Waals surface area contributed by atoms with Crippen molar-refractivity contribution in [3.05, 3.63) is 29.8 Å². The first-order valence-corrected chi connectivity index (χ1v) is 5.23. The van der Waals surface area contributed by atoms with E-state index < -0.39 is 11.6 Å². The van der Waals surface area contributed by atoms with Crippen molar-refractivity contribution >= 4 is 17.3 Å². The second-order valence-electron chi connectivity index (χ2n) is 4.28. The smallest absolute Gasteiger partial charge is 0.149 e. The van der Waals surface area contributed by atoms with Crippen molar-refractivity contribution in [1.82, 2.24) is 0 Å². The molecule has 0 radical (unpaired) electrons. The molecule has 0 unspecified atom stereocenters. The van der Waals surface area contributed by atoms with Gasteiger partial charge < -0.3 is 5.32 Å². The van der Waals surface area contributed by atoms with Gasteiger partial charge in [0.15, 0.2) is 0 Å². The highest BCUT2D eigenvalue weighted by Crippen LogP contribution is 2.20. The molecule has 0 bridgehead atoms. The summed E-state index contributed by atoms with van der Waals surface area (Å²) in [6.07, 6.45) is 0. The molecule has 1 N–H and O–H groups in total. The topological polar surface area (TPSA) is 12.0 Å². The maximum Gasteiger partial charge on any atom is 0.149 e. The Balaban J connectivity index is 2.66. The second kappa shape index (κ2) is 4.79. The van der Waals surface area contributed by atoms with Crippen molar-refractivity contribution < 1.29 is 8.78 Å². The van der Waals surface area contributed by atoms with E-state index in [1.807, 2.05) is 13.8 Å². The highest BCUT2D eigenvalue weighted by Gasteiger charge is 2.16. The second-order valence-corrected chi connectivity index (χ2v) is 4.54. The van der Waals surface area contributed by atoms with E-state index in [1.165, 1.54) is 12.1 Å². The van der Waals surface area contributed by atoms with Crippen LogP contribution in [-0.2, 0) is 0 Å². The van der Waals surface area contributed by atoms with Crippen LogP contribution in [0.15, 0.2) is 18.2 Å². The number of hydrogen-bond donors (Lipinski definition) is 1. The molecule has 0 aliphatic carbocycles. The zero-order valence-corrected chi connectivity index (χ0v) is 9.54. The van der Waals surface area contributed by atoms with E-state index in [1.54, 1.807) is 0 Å². The third-order valence-electron chi connectivity index (χ3n) is 2.05. The summed E-state index contributed by atoms with van der Waals surface area (Å²) in [7, 11) is 0. The Labute approximate surface area is 93.4 Å². The third-order valence-corrected chi connectivity index (χ3v) is 2.77. The SMILES string of the molecule is CC(C)(CCl)CNc1ccc(F)cc1F. The Morgan fingerprint density at radius 2 is 2.00 bits per heavy atom. The molecule has 1 aromatic carbocycles. The van der Waals surface area contributed by atoms with Gasteiger partial charge in [-0.1, -0.05) is 13.8 Å². The summed E-state index contributed by atoms with van der Waals surface area (Å²) in [5.74, 6) is -0.682. The number of anilines is 1. The molecule has 15 heavy (non-hydrogen) atoms. The Kier molecular flexibility index (Phi) is 3.91. The fraction of sp³-hybridized carbons (Fsp3) is 0.455. The first-order chi connectivity index (χ1) is 6.94. The minimum Gasteiger partial charge on any atom is -0.382 e. The normalized spacial score (nSPS) is 11.5. The molecular weight excluding hydrogens is 220 g/mol. The van der Waals surface area contributed by atoms with Gasteiger partial charge in [0.25, 0.3) is 0 Å². The highest BCUT2D eigenvalue weighted by atomic mass is 35.5. The van der Waals surface area contributed by atoms with Crippen LogP contribution in [0.4, 0.5) is 14.5 Å². The summed E-state index contributed by atoms with van der Waals surface area (Å²) < 4.78 is 25.8. The zero-order valence-electron chi connectivity index (χ0n) is 8.78. The monoisotopic (exact) mass is 233 g/mol. The molecule has 0 amide bonds. The summed E-state index contributed by atoms with van der Waals surface area (Å²) in [4.78, 5) is 0. The first kappa shape index (κ1) is 12.2. The van der Waals surface area contributed by atoms with Gasteiger partial charge in [-0.3, -0.25) is 0 Å². The van der Waals surface area contributed by atoms with Gasteiger partial charge in [0.05, 0.1) is 5.69 Å². The third kappa shape index (κ3) is 3.67. The Hall–Kier alpha value is -0.830. The molecular formula is C11H14ClF2N. The molecule has 1 aromatic rings. The van der Waals surface area contributed by atoms with E-state index in [-0.39, 0.29) is 5.41 Å². The number of halogens is 3. The molecule has 0 aliphatic rings. The Morgan fingerprint density at radius 1 is 1.33 bits per heavy atom. The lowest BCUT2D eigenvalue weighted by Crippen LogP contribution is -2.25. The van der Waals surface area contributed by atoms with Crippen LogP contribution in [0, 0.1) is 17.0 Å². The Bertz CT molecular complexity index is 339. The molecule has 1 rings (SSSR count). The van der Waals surface area contributed by atoms with Crippen LogP contribution < -0.4 is 5.32 Å². The van der Waals surface area contributed by atoms with Crippen LogP contribution in [0.5, 0.6) is 0 Å². The molecule has 0 saturated heterocycles. The van der Waals surface area contributed by atoms with Gasteiger partial charge in [0.1, 0.15) is 11.6 Å². The maximum atomic E-state index is 13.2. The van der Waals surface area contributed by atoms with E-state index in [9.17, 15) is 8.78 Å². The number of hydrogen-bond acceptors (Lipinski definition) is 1. The van der Waals surface area contributed by atoms with Crippen molar-refractivity contribution in [3.8, 4) is 0 Å². The fourth-order valence-corrected chi connectivity index (χ4v) is 1.11. The molecule has 0 aliphatic heterocycles. The summed E-state index contributed by atoms with van der Waals surface area (Å²) >= 11 is 5.73. The van der Waals surface area contributed by atoms with E-state index in [0.29, 0.717) is 18.1 Å². The van der Waals surface area contributed by atoms with Crippen LogP contribution in [0.25, 0.3) is 0 Å². The summed E-state index contributed by atoms with van der Waals surface area (Å²) in [5, 5.41) is 2.91. The molecule has 0 fully saturated rings. The van der Waals surface area contributed by atoms with Crippen molar-refractivity contribution in [2.75, 3.05) is 17.7 Å². The fourth-order valence-electron chi connectivity index (χ4n) is 1.01. The molecule has 0 aromatic heterocycles. The summed E-state index contributed by atoms with van der Waals surface area (Å²) in [6, 6.07) is 3.46. The van der Waals surface area contributed by atoms with Gasteiger partial charge in [-0.25, -0.2) is 8.78 Å². The van der Waals surface area contributed by atoms with Gasteiger partial charge in [0.2, 0.25) is 0 Å². The van der Waals surface area contributed by atoms with Crippen LogP contribution in [0.3, 0.4) is 0 Å². The van der Waals surface area contributed by atoms with Crippen LogP contribution in [0.2, 0.25) is 0 Å². The minimum absolute atomic E-state index is 0.123. The largest absolute Gasteiger partial charge is 0.382 e. The minimum atomic E-state index is -0.583. The van der Waals surface area contributed by atoms with E-state index in [4.69, 9.17) is 11.6 Å². The van der Waals surface area contributed by atoms with Crippen LogP contribution in [0.1, 0.15) is 13.8 Å². The van der Waals surface area contributed by atoms with Gasteiger partial charge in [0, 0.05) is 18.5 Å². The van der Waals surface area contributed by atoms with Crippen LogP contribution >= 0.6 is 11.6 Å². The molecule has 0 saturated carbocycles. The quantitative estimate of drug-likeness (QED) is 0.783. The molecule has 4 heteroatoms. The average molecular weight is 234 g/mol. The Morgan fingerprint density at radius 3 is 2.53 bits per heavy atom. The maximum absolute atomic E-state index is 13.2. The van der Waals surface area contributed by atoms with Crippen molar-refractivity contribution in [2.45, 2.75) is 13.8 Å². The lowest BCUT2D eigenvalue weighted by molar-refractivity contribution is 0.449. The molecule has 1 nitrogen and oxygen atoms in total. The van der Waals surface area contributed by atoms with Crippen molar-refractivity contribution in [2.24, 2.45) is 5.41 Å². The van der Waals surface area contributed by atoms with Gasteiger partial charge in [-0.2, -0.15) is 0 Å². The van der Waals surface area contributed by atoms with E-state index in [0.717, 1.165) is 6.07 Å². The summed E-state index contributed by atoms with van der Waals surface area (Å²) in [6.45, 7) is 4.47. The molecule has 0 atom stereocenters. The first-order valence-electron chi connectivity index (χ1n) is 4.69. The van der Waals surface area contributed by atoms with Crippen LogP contribution in [-0.4, -0.2) is 12.4 Å². The van der Waals surface area contributed by atoms with E-state index >= 15 is 0 Å². The van der Waals surface area contributed by atoms with Gasteiger partial charge >= 0.3 is 0 Å². The predicted octanol–water partition coefficient (Wildman–Crippen LogP) is 3.64. The standard InChI is InChI=1S/C11H14ClF2N/c1-11(2,6-12)7-15-10-4-3-8(13)5-9(10)14/h3-5,15H,6-7H2,1-2H3. The number of nitrogens with one attached hydrogen (secondary N) is 1. The lowest BCUT2D eigenvalue weighted by Gasteiger charge is -2.22.